The van der Waals surface area contributed by atoms with Gasteiger partial charge in [0.2, 0.25) is 0 Å². The molecule has 14 rings (SSSR count). The van der Waals surface area contributed by atoms with E-state index in [-0.39, 0.29) is 10.8 Å². The molecule has 346 valence electrons. The molecule has 0 bridgehead atoms. The summed E-state index contributed by atoms with van der Waals surface area (Å²) in [5.41, 5.74) is 24.0. The Labute approximate surface area is 428 Å². The second-order valence-corrected chi connectivity index (χ2v) is 21.3. The Morgan fingerprint density at radius 2 is 0.589 bits per heavy atom. The fourth-order valence-electron chi connectivity index (χ4n) is 12.4. The molecule has 12 aromatic rings. The van der Waals surface area contributed by atoms with E-state index in [9.17, 15) is 0 Å². The van der Waals surface area contributed by atoms with Crippen LogP contribution in [0.4, 0.5) is 17.1 Å². The van der Waals surface area contributed by atoms with E-state index in [1.54, 1.807) is 0 Å². The van der Waals surface area contributed by atoms with Gasteiger partial charge in [0.1, 0.15) is 0 Å². The maximum absolute atomic E-state index is 2.47. The van der Waals surface area contributed by atoms with E-state index >= 15 is 0 Å². The number of hydrogen-bond acceptors (Lipinski definition) is 1. The van der Waals surface area contributed by atoms with E-state index in [0.717, 1.165) is 11.4 Å². The van der Waals surface area contributed by atoms with Crippen molar-refractivity contribution >= 4 is 49.4 Å². The van der Waals surface area contributed by atoms with Crippen molar-refractivity contribution in [1.82, 2.24) is 0 Å². The van der Waals surface area contributed by atoms with E-state index in [2.05, 4.69) is 281 Å². The Morgan fingerprint density at radius 3 is 1.10 bits per heavy atom. The van der Waals surface area contributed by atoms with Gasteiger partial charge in [0.15, 0.2) is 0 Å². The second kappa shape index (κ2) is 16.4. The fraction of sp³-hybridized carbons (Fsp3) is 0.0833. The minimum Gasteiger partial charge on any atom is -0.310 e. The van der Waals surface area contributed by atoms with Gasteiger partial charge in [-0.1, -0.05) is 204 Å². The second-order valence-electron chi connectivity index (χ2n) is 21.3. The monoisotopic (exact) mass is 931 g/mol. The molecule has 0 aliphatic heterocycles. The summed E-state index contributed by atoms with van der Waals surface area (Å²) >= 11 is 0. The summed E-state index contributed by atoms with van der Waals surface area (Å²) in [6, 6.07) is 92.7. The van der Waals surface area contributed by atoms with Crippen molar-refractivity contribution in [3.05, 3.63) is 271 Å². The molecule has 0 aromatic heterocycles. The van der Waals surface area contributed by atoms with Gasteiger partial charge < -0.3 is 4.90 Å². The molecule has 0 spiro atoms. The van der Waals surface area contributed by atoms with Gasteiger partial charge in [0.05, 0.1) is 5.69 Å². The highest BCUT2D eigenvalue weighted by molar-refractivity contribution is 5.99. The van der Waals surface area contributed by atoms with Gasteiger partial charge in [-0.2, -0.15) is 0 Å². The van der Waals surface area contributed by atoms with Gasteiger partial charge in [-0.3, -0.25) is 0 Å². The molecule has 0 saturated heterocycles. The van der Waals surface area contributed by atoms with Crippen LogP contribution in [0.2, 0.25) is 0 Å². The van der Waals surface area contributed by atoms with Crippen molar-refractivity contribution in [3.63, 3.8) is 0 Å². The molecule has 0 saturated carbocycles. The lowest BCUT2D eigenvalue weighted by Crippen LogP contribution is -2.15. The van der Waals surface area contributed by atoms with Crippen LogP contribution in [0.1, 0.15) is 49.9 Å². The summed E-state index contributed by atoms with van der Waals surface area (Å²) in [7, 11) is 0. The van der Waals surface area contributed by atoms with Crippen molar-refractivity contribution in [3.8, 4) is 66.8 Å². The molecule has 1 heteroatoms. The molecular formula is C72H53N. The van der Waals surface area contributed by atoms with E-state index in [0.29, 0.717) is 0 Å². The predicted octanol–water partition coefficient (Wildman–Crippen LogP) is 19.9. The quantitative estimate of drug-likeness (QED) is 0.154. The van der Waals surface area contributed by atoms with Gasteiger partial charge in [-0.25, -0.2) is 0 Å². The van der Waals surface area contributed by atoms with Crippen LogP contribution in [0.25, 0.3) is 99.1 Å². The summed E-state index contributed by atoms with van der Waals surface area (Å²) in [4.78, 5) is 2.37. The highest BCUT2D eigenvalue weighted by Gasteiger charge is 2.38. The van der Waals surface area contributed by atoms with Crippen LogP contribution in [-0.4, -0.2) is 0 Å². The maximum atomic E-state index is 2.47. The predicted molar refractivity (Wildman–Crippen MR) is 311 cm³/mol. The number of para-hydroxylation sites is 1. The summed E-state index contributed by atoms with van der Waals surface area (Å²) in [6.45, 7) is 9.60. The van der Waals surface area contributed by atoms with E-state index in [1.807, 2.05) is 0 Å². The summed E-state index contributed by atoms with van der Waals surface area (Å²) in [5, 5.41) is 7.51. The first-order chi connectivity index (χ1) is 35.7. The molecule has 2 aliphatic rings. The molecule has 1 nitrogen and oxygen atoms in total. The van der Waals surface area contributed by atoms with Crippen LogP contribution in [0.3, 0.4) is 0 Å². The number of fused-ring (bicyclic) bond motifs is 9. The van der Waals surface area contributed by atoms with Gasteiger partial charge >= 0.3 is 0 Å². The third-order valence-electron chi connectivity index (χ3n) is 16.4. The van der Waals surface area contributed by atoms with Crippen molar-refractivity contribution in [1.29, 1.82) is 0 Å². The number of nitrogens with zero attached hydrogens (tertiary/aromatic N) is 1. The molecule has 2 aliphatic carbocycles. The first kappa shape index (κ1) is 43.0. The minimum absolute atomic E-state index is 0.154. The molecule has 12 aromatic carbocycles. The zero-order valence-electron chi connectivity index (χ0n) is 41.6. The largest absolute Gasteiger partial charge is 0.310 e. The first-order valence-electron chi connectivity index (χ1n) is 25.7. The van der Waals surface area contributed by atoms with Gasteiger partial charge in [-0.05, 0) is 189 Å². The summed E-state index contributed by atoms with van der Waals surface area (Å²) < 4.78 is 0. The Hall–Kier alpha value is -8.78. The SMILES string of the molecule is CC1(C)c2cc(-c3ccc(N(c4ccccc4)c4cccc5ccccc45)cc3)ccc2-c2ccc(-c3ccc4c(c3)C(C)(C)c3cc(-c5ccc6cc(-c7ccc8ccccc8c7)ccc6c5)ccc3-4)cc21. The molecule has 0 fully saturated rings. The van der Waals surface area contributed by atoms with Crippen molar-refractivity contribution < 1.29 is 0 Å². The van der Waals surface area contributed by atoms with Crippen LogP contribution in [0, 0.1) is 0 Å². The zero-order valence-corrected chi connectivity index (χ0v) is 41.6. The molecule has 0 amide bonds. The number of hydrogen-bond donors (Lipinski definition) is 0. The third kappa shape index (κ3) is 6.98. The number of benzene rings is 12. The smallest absolute Gasteiger partial charge is 0.0540 e. The van der Waals surface area contributed by atoms with Gasteiger partial charge in [-0.15, -0.1) is 0 Å². The summed E-state index contributed by atoms with van der Waals surface area (Å²) in [5.74, 6) is 0. The molecular weight excluding hydrogens is 879 g/mol. The van der Waals surface area contributed by atoms with Crippen molar-refractivity contribution in [2.24, 2.45) is 0 Å². The Bertz CT molecular complexity index is 4190. The van der Waals surface area contributed by atoms with Crippen LogP contribution in [-0.2, 0) is 10.8 Å². The molecule has 0 atom stereocenters. The van der Waals surface area contributed by atoms with E-state index in [4.69, 9.17) is 0 Å². The lowest BCUT2D eigenvalue weighted by atomic mass is 9.79. The standard InChI is InChI=1S/C72H53N/c1-71(2)66-42-55(47-27-33-60(34-28-47)73(59-17-6-5-7-18-59)70-20-12-16-48-14-10-11-19-61(48)70)29-35-62(66)64-37-31-57(44-68(64)71)58-32-38-65-63-36-30-56(43-67(63)72(3,4)69(65)45-58)54-26-25-52-40-51(23-24-53(52)41-54)50-22-21-46-13-8-9-15-49(46)39-50/h5-45H,1-4H3. The average Bonchev–Trinajstić information content (AvgIpc) is 3.81. The maximum Gasteiger partial charge on any atom is 0.0540 e. The number of anilines is 3. The highest BCUT2D eigenvalue weighted by Crippen LogP contribution is 2.53. The lowest BCUT2D eigenvalue weighted by molar-refractivity contribution is 0.660. The van der Waals surface area contributed by atoms with Gasteiger partial charge in [0, 0.05) is 27.6 Å². The van der Waals surface area contributed by atoms with Crippen molar-refractivity contribution in [2.45, 2.75) is 38.5 Å². The van der Waals surface area contributed by atoms with Crippen LogP contribution in [0.5, 0.6) is 0 Å². The van der Waals surface area contributed by atoms with Crippen LogP contribution < -0.4 is 4.90 Å². The first-order valence-corrected chi connectivity index (χ1v) is 25.7. The summed E-state index contributed by atoms with van der Waals surface area (Å²) in [6.07, 6.45) is 0. The number of rotatable bonds is 7. The Kier molecular flexibility index (Phi) is 9.66. The van der Waals surface area contributed by atoms with Crippen LogP contribution in [0.15, 0.2) is 249 Å². The molecule has 0 heterocycles. The van der Waals surface area contributed by atoms with Crippen molar-refractivity contribution in [2.75, 3.05) is 4.90 Å². The van der Waals surface area contributed by atoms with Crippen LogP contribution >= 0.6 is 0 Å². The molecule has 0 N–H and O–H groups in total. The Balaban J connectivity index is 0.734. The topological polar surface area (TPSA) is 3.24 Å². The highest BCUT2D eigenvalue weighted by atomic mass is 15.1. The zero-order chi connectivity index (χ0) is 49.0. The fourth-order valence-corrected chi connectivity index (χ4v) is 12.4. The molecule has 0 radical (unpaired) electrons. The van der Waals surface area contributed by atoms with E-state index < -0.39 is 0 Å². The lowest BCUT2D eigenvalue weighted by Gasteiger charge is -2.27. The van der Waals surface area contributed by atoms with Gasteiger partial charge in [0.25, 0.3) is 0 Å². The third-order valence-corrected chi connectivity index (χ3v) is 16.4. The normalized spacial score (nSPS) is 13.7. The Morgan fingerprint density at radius 1 is 0.247 bits per heavy atom. The minimum atomic E-state index is -0.167. The van der Waals surface area contributed by atoms with E-state index in [1.165, 1.54) is 127 Å². The average molecular weight is 932 g/mol. The molecule has 73 heavy (non-hydrogen) atoms. The molecule has 0 unspecified atom stereocenters.